The van der Waals surface area contributed by atoms with Crippen LogP contribution in [0.15, 0.2) is 30.5 Å². The van der Waals surface area contributed by atoms with Crippen LogP contribution in [0.2, 0.25) is 5.02 Å². The molecule has 0 fully saturated rings. The molecule has 0 atom stereocenters. The molecule has 0 bridgehead atoms. The highest BCUT2D eigenvalue weighted by atomic mass is 35.5. The van der Waals surface area contributed by atoms with E-state index in [2.05, 4.69) is 5.10 Å². The van der Waals surface area contributed by atoms with Crippen molar-refractivity contribution >= 4 is 23.5 Å². The minimum absolute atomic E-state index is 0.207. The first-order valence-corrected chi connectivity index (χ1v) is 6.03. The van der Waals surface area contributed by atoms with Gasteiger partial charge in [-0.05, 0) is 31.2 Å². The Morgan fingerprint density at radius 1 is 1.47 bits per heavy atom. The van der Waals surface area contributed by atoms with E-state index in [-0.39, 0.29) is 16.4 Å². The third kappa shape index (κ3) is 2.74. The number of nitrogens with zero attached hydrogens (tertiary/aromatic N) is 2. The van der Waals surface area contributed by atoms with Crippen LogP contribution in [0.3, 0.4) is 0 Å². The Hall–Kier alpha value is -1.94. The monoisotopic (exact) mass is 278 g/mol. The quantitative estimate of drug-likeness (QED) is 0.637. The molecule has 0 aliphatic heterocycles. The van der Waals surface area contributed by atoms with Crippen molar-refractivity contribution in [1.82, 2.24) is 9.78 Å². The topological polar surface area (TPSA) is 34.9 Å². The summed E-state index contributed by atoms with van der Waals surface area (Å²) < 4.78 is 15.1. The van der Waals surface area contributed by atoms with Crippen LogP contribution in [0.25, 0.3) is 6.08 Å². The van der Waals surface area contributed by atoms with Gasteiger partial charge in [0.1, 0.15) is 5.82 Å². The van der Waals surface area contributed by atoms with Crippen LogP contribution >= 0.6 is 11.6 Å². The first-order chi connectivity index (χ1) is 9.00. The first-order valence-electron chi connectivity index (χ1n) is 5.65. The Labute approximate surface area is 115 Å². The Bertz CT molecular complexity index is 641. The lowest BCUT2D eigenvalue weighted by molar-refractivity contribution is 0.104. The number of benzene rings is 1. The van der Waals surface area contributed by atoms with E-state index in [9.17, 15) is 9.18 Å². The number of halogens is 2. The van der Waals surface area contributed by atoms with Crippen molar-refractivity contribution in [2.75, 3.05) is 0 Å². The fraction of sp³-hybridized carbons (Fsp3) is 0.143. The summed E-state index contributed by atoms with van der Waals surface area (Å²) in [6.45, 7) is 1.80. The predicted octanol–water partition coefficient (Wildman–Crippen LogP) is 3.42. The second-order valence-electron chi connectivity index (χ2n) is 4.10. The van der Waals surface area contributed by atoms with Gasteiger partial charge in [0, 0.05) is 18.3 Å². The maximum absolute atomic E-state index is 13.5. The highest BCUT2D eigenvalue weighted by Gasteiger charge is 2.10. The SMILES string of the molecule is Cc1c(C(=O)C=Cc2c(F)cccc2Cl)cnn1C. The highest BCUT2D eigenvalue weighted by Crippen LogP contribution is 2.20. The second-order valence-corrected chi connectivity index (χ2v) is 4.51. The molecule has 0 amide bonds. The van der Waals surface area contributed by atoms with Crippen molar-refractivity contribution in [3.8, 4) is 0 Å². The fourth-order valence-corrected chi connectivity index (χ4v) is 1.89. The van der Waals surface area contributed by atoms with E-state index in [0.717, 1.165) is 5.69 Å². The second kappa shape index (κ2) is 5.36. The molecular formula is C14H12ClFN2O. The summed E-state index contributed by atoms with van der Waals surface area (Å²) in [6, 6.07) is 4.39. The van der Waals surface area contributed by atoms with Crippen LogP contribution in [0.5, 0.6) is 0 Å². The Balaban J connectivity index is 2.29. The van der Waals surface area contributed by atoms with E-state index in [1.807, 2.05) is 0 Å². The summed E-state index contributed by atoms with van der Waals surface area (Å²) >= 11 is 5.88. The maximum Gasteiger partial charge on any atom is 0.189 e. The molecule has 1 heterocycles. The minimum atomic E-state index is -0.459. The minimum Gasteiger partial charge on any atom is -0.289 e. The Morgan fingerprint density at radius 3 is 2.79 bits per heavy atom. The molecule has 0 aliphatic rings. The van der Waals surface area contributed by atoms with E-state index in [1.54, 1.807) is 24.7 Å². The predicted molar refractivity (Wildman–Crippen MR) is 72.7 cm³/mol. The van der Waals surface area contributed by atoms with E-state index >= 15 is 0 Å². The number of hydrogen-bond donors (Lipinski definition) is 0. The van der Waals surface area contributed by atoms with Gasteiger partial charge in [0.2, 0.25) is 0 Å². The Morgan fingerprint density at radius 2 is 2.21 bits per heavy atom. The van der Waals surface area contributed by atoms with Crippen molar-refractivity contribution in [1.29, 1.82) is 0 Å². The molecule has 5 heteroatoms. The maximum atomic E-state index is 13.5. The Kier molecular flexibility index (Phi) is 3.81. The molecule has 2 rings (SSSR count). The lowest BCUT2D eigenvalue weighted by atomic mass is 10.1. The van der Waals surface area contributed by atoms with Gasteiger partial charge < -0.3 is 0 Å². The van der Waals surface area contributed by atoms with Gasteiger partial charge in [-0.2, -0.15) is 5.10 Å². The molecular weight excluding hydrogens is 267 g/mol. The molecule has 0 saturated carbocycles. The van der Waals surface area contributed by atoms with Gasteiger partial charge in [0.25, 0.3) is 0 Å². The summed E-state index contributed by atoms with van der Waals surface area (Å²) in [7, 11) is 1.75. The number of rotatable bonds is 3. The number of allylic oxidation sites excluding steroid dienone is 1. The molecule has 0 N–H and O–H groups in total. The van der Waals surface area contributed by atoms with Crippen molar-refractivity contribution in [2.45, 2.75) is 6.92 Å². The van der Waals surface area contributed by atoms with Crippen LogP contribution in [0.4, 0.5) is 4.39 Å². The lowest BCUT2D eigenvalue weighted by Crippen LogP contribution is -1.98. The molecule has 3 nitrogen and oxygen atoms in total. The molecule has 19 heavy (non-hydrogen) atoms. The molecule has 0 saturated heterocycles. The van der Waals surface area contributed by atoms with Crippen LogP contribution in [-0.4, -0.2) is 15.6 Å². The van der Waals surface area contributed by atoms with E-state index in [4.69, 9.17) is 11.6 Å². The van der Waals surface area contributed by atoms with E-state index < -0.39 is 5.82 Å². The van der Waals surface area contributed by atoms with Crippen molar-refractivity contribution < 1.29 is 9.18 Å². The van der Waals surface area contributed by atoms with Gasteiger partial charge in [-0.3, -0.25) is 9.48 Å². The van der Waals surface area contributed by atoms with Gasteiger partial charge >= 0.3 is 0 Å². The number of aromatic nitrogens is 2. The van der Waals surface area contributed by atoms with Crippen LogP contribution in [0, 0.1) is 12.7 Å². The van der Waals surface area contributed by atoms with E-state index in [0.29, 0.717) is 5.56 Å². The first kappa shape index (κ1) is 13.5. The van der Waals surface area contributed by atoms with E-state index in [1.165, 1.54) is 30.5 Å². The van der Waals surface area contributed by atoms with Crippen LogP contribution < -0.4 is 0 Å². The number of aryl methyl sites for hydroxylation is 1. The van der Waals surface area contributed by atoms with Gasteiger partial charge in [-0.15, -0.1) is 0 Å². The summed E-state index contributed by atoms with van der Waals surface area (Å²) in [4.78, 5) is 12.0. The van der Waals surface area contributed by atoms with Gasteiger partial charge in [0.15, 0.2) is 5.78 Å². The van der Waals surface area contributed by atoms with Gasteiger partial charge in [0.05, 0.1) is 16.8 Å². The van der Waals surface area contributed by atoms with Crippen molar-refractivity contribution in [3.05, 3.63) is 58.1 Å². The smallest absolute Gasteiger partial charge is 0.189 e. The summed E-state index contributed by atoms with van der Waals surface area (Å²) in [5.74, 6) is -0.690. The van der Waals surface area contributed by atoms with Crippen molar-refractivity contribution in [3.63, 3.8) is 0 Å². The molecule has 0 aliphatic carbocycles. The molecule has 0 radical (unpaired) electrons. The van der Waals surface area contributed by atoms with Crippen LogP contribution in [-0.2, 0) is 7.05 Å². The van der Waals surface area contributed by atoms with Gasteiger partial charge in [-0.1, -0.05) is 17.7 Å². The fourth-order valence-electron chi connectivity index (χ4n) is 1.66. The average molecular weight is 279 g/mol. The summed E-state index contributed by atoms with van der Waals surface area (Å²) in [5.41, 5.74) is 1.46. The highest BCUT2D eigenvalue weighted by molar-refractivity contribution is 6.32. The number of carbonyl (C=O) groups is 1. The largest absolute Gasteiger partial charge is 0.289 e. The molecule has 1 aromatic carbocycles. The number of ketones is 1. The summed E-state index contributed by atoms with van der Waals surface area (Å²) in [6.07, 6.45) is 4.17. The zero-order valence-corrected chi connectivity index (χ0v) is 11.3. The molecule has 1 aromatic heterocycles. The molecule has 0 spiro atoms. The van der Waals surface area contributed by atoms with Gasteiger partial charge in [-0.25, -0.2) is 4.39 Å². The summed E-state index contributed by atoms with van der Waals surface area (Å²) in [5, 5.41) is 4.26. The van der Waals surface area contributed by atoms with Crippen LogP contribution in [0.1, 0.15) is 21.6 Å². The molecule has 0 unspecified atom stereocenters. The molecule has 2 aromatic rings. The lowest BCUT2D eigenvalue weighted by Gasteiger charge is -1.99. The average Bonchev–Trinajstić information content (AvgIpc) is 2.69. The number of hydrogen-bond acceptors (Lipinski definition) is 2. The third-order valence-electron chi connectivity index (χ3n) is 2.90. The molecule has 98 valence electrons. The third-order valence-corrected chi connectivity index (χ3v) is 3.23. The number of carbonyl (C=O) groups excluding carboxylic acids is 1. The van der Waals surface area contributed by atoms with Crippen molar-refractivity contribution in [2.24, 2.45) is 7.05 Å². The zero-order valence-electron chi connectivity index (χ0n) is 10.5. The normalized spacial score (nSPS) is 11.2. The zero-order chi connectivity index (χ0) is 14.0. The standard InChI is InChI=1S/C14H12ClFN2O/c1-9-11(8-17-18(9)2)14(19)7-6-10-12(15)4-3-5-13(10)16/h3-8H,1-2H3.